The van der Waals surface area contributed by atoms with Crippen molar-refractivity contribution in [2.45, 2.75) is 5.92 Å². The van der Waals surface area contributed by atoms with Gasteiger partial charge in [-0.1, -0.05) is 23.7 Å². The van der Waals surface area contributed by atoms with E-state index in [0.717, 1.165) is 0 Å². The first-order valence-corrected chi connectivity index (χ1v) is 5.67. The molecule has 2 aromatic rings. The largest absolute Gasteiger partial charge is 0.331 e. The van der Waals surface area contributed by atoms with Gasteiger partial charge >= 0.3 is 0 Å². The van der Waals surface area contributed by atoms with Crippen LogP contribution in [0.3, 0.4) is 0 Å². The number of nitrogens with zero attached hydrogens (tertiary/aromatic N) is 3. The van der Waals surface area contributed by atoms with E-state index in [1.54, 1.807) is 35.9 Å². The van der Waals surface area contributed by atoms with Crippen LogP contribution in [0.2, 0.25) is 5.02 Å². The van der Waals surface area contributed by atoms with E-state index in [2.05, 4.69) is 4.98 Å². The van der Waals surface area contributed by atoms with Crippen LogP contribution >= 0.6 is 11.6 Å². The van der Waals surface area contributed by atoms with Crippen LogP contribution in [0.25, 0.3) is 0 Å². The van der Waals surface area contributed by atoms with Crippen molar-refractivity contribution in [3.8, 4) is 6.07 Å². The summed E-state index contributed by atoms with van der Waals surface area (Å²) in [7, 11) is 1.72. The maximum Gasteiger partial charge on any atom is 0.202 e. The second-order valence-electron chi connectivity index (χ2n) is 3.87. The second-order valence-corrected chi connectivity index (χ2v) is 4.30. The van der Waals surface area contributed by atoms with Crippen molar-refractivity contribution in [2.75, 3.05) is 0 Å². The van der Waals surface area contributed by atoms with Gasteiger partial charge in [0.1, 0.15) is 11.6 Å². The zero-order chi connectivity index (χ0) is 13.1. The average Bonchev–Trinajstić information content (AvgIpc) is 2.78. The number of carbonyl (C=O) groups excluding carboxylic acids is 1. The molecule has 0 bridgehead atoms. The number of hydrogen-bond acceptors (Lipinski definition) is 3. The Morgan fingerprint density at radius 1 is 1.44 bits per heavy atom. The van der Waals surface area contributed by atoms with E-state index in [1.807, 2.05) is 6.07 Å². The van der Waals surface area contributed by atoms with Crippen LogP contribution in [0.1, 0.15) is 22.0 Å². The Morgan fingerprint density at radius 2 is 2.11 bits per heavy atom. The number of nitriles is 1. The predicted octanol–water partition coefficient (Wildman–Crippen LogP) is 2.56. The lowest BCUT2D eigenvalue weighted by atomic mass is 9.94. The highest BCUT2D eigenvalue weighted by molar-refractivity contribution is 6.30. The van der Waals surface area contributed by atoms with Crippen molar-refractivity contribution >= 4 is 17.4 Å². The predicted molar refractivity (Wildman–Crippen MR) is 67.3 cm³/mol. The third-order valence-corrected chi connectivity index (χ3v) is 2.92. The van der Waals surface area contributed by atoms with Gasteiger partial charge in [-0.15, -0.1) is 0 Å². The van der Waals surface area contributed by atoms with E-state index in [4.69, 9.17) is 11.6 Å². The minimum absolute atomic E-state index is 0.264. The van der Waals surface area contributed by atoms with Gasteiger partial charge in [-0.2, -0.15) is 5.26 Å². The first-order valence-electron chi connectivity index (χ1n) is 5.29. The summed E-state index contributed by atoms with van der Waals surface area (Å²) in [5, 5.41) is 9.75. The minimum atomic E-state index is -0.835. The summed E-state index contributed by atoms with van der Waals surface area (Å²) in [6.45, 7) is 0. The van der Waals surface area contributed by atoms with Crippen molar-refractivity contribution in [3.63, 3.8) is 0 Å². The van der Waals surface area contributed by atoms with E-state index < -0.39 is 5.92 Å². The summed E-state index contributed by atoms with van der Waals surface area (Å²) >= 11 is 5.78. The lowest BCUT2D eigenvalue weighted by Gasteiger charge is -2.08. The molecular formula is C13H10ClN3O. The maximum atomic E-state index is 12.2. The number of halogens is 1. The number of benzene rings is 1. The molecule has 18 heavy (non-hydrogen) atoms. The first-order chi connectivity index (χ1) is 8.63. The molecule has 1 aromatic carbocycles. The van der Waals surface area contributed by atoms with Gasteiger partial charge < -0.3 is 4.57 Å². The molecule has 0 amide bonds. The Hall–Kier alpha value is -2.12. The summed E-state index contributed by atoms with van der Waals surface area (Å²) in [4.78, 5) is 16.1. The smallest absolute Gasteiger partial charge is 0.202 e. The summed E-state index contributed by atoms with van der Waals surface area (Å²) < 4.78 is 1.60. The summed E-state index contributed by atoms with van der Waals surface area (Å²) in [6.07, 6.45) is 2.99. The van der Waals surface area contributed by atoms with Crippen LogP contribution in [-0.4, -0.2) is 15.3 Å². The molecule has 2 rings (SSSR count). The number of imidazole rings is 1. The fraction of sp³-hybridized carbons (Fsp3) is 0.154. The van der Waals surface area contributed by atoms with Gasteiger partial charge in [-0.25, -0.2) is 4.98 Å². The van der Waals surface area contributed by atoms with E-state index in [9.17, 15) is 10.1 Å². The van der Waals surface area contributed by atoms with Crippen LogP contribution in [0.4, 0.5) is 0 Å². The van der Waals surface area contributed by atoms with Crippen molar-refractivity contribution in [1.82, 2.24) is 9.55 Å². The quantitative estimate of drug-likeness (QED) is 0.796. The number of Topliss-reactive ketones (excluding diaryl/α,β-unsaturated/α-hetero) is 1. The molecule has 0 radical (unpaired) electrons. The van der Waals surface area contributed by atoms with Crippen molar-refractivity contribution < 1.29 is 4.79 Å². The molecule has 0 aliphatic heterocycles. The molecule has 1 atom stereocenters. The monoisotopic (exact) mass is 259 g/mol. The topological polar surface area (TPSA) is 58.7 Å². The van der Waals surface area contributed by atoms with Crippen molar-refractivity contribution in [1.29, 1.82) is 5.26 Å². The normalized spacial score (nSPS) is 11.8. The number of aromatic nitrogens is 2. The Kier molecular flexibility index (Phi) is 3.45. The van der Waals surface area contributed by atoms with E-state index >= 15 is 0 Å². The van der Waals surface area contributed by atoms with Crippen LogP contribution < -0.4 is 0 Å². The molecule has 5 heteroatoms. The highest BCUT2D eigenvalue weighted by Crippen LogP contribution is 2.21. The number of hydrogen-bond donors (Lipinski definition) is 0. The van der Waals surface area contributed by atoms with Gasteiger partial charge in [0.15, 0.2) is 0 Å². The van der Waals surface area contributed by atoms with Crippen LogP contribution in [0.15, 0.2) is 36.8 Å². The fourth-order valence-electron chi connectivity index (χ4n) is 1.68. The number of rotatable bonds is 3. The lowest BCUT2D eigenvalue weighted by molar-refractivity contribution is 0.0971. The Bertz CT molecular complexity index is 610. The maximum absolute atomic E-state index is 12.2. The van der Waals surface area contributed by atoms with Crippen LogP contribution in [-0.2, 0) is 7.05 Å². The molecule has 0 spiro atoms. The highest BCUT2D eigenvalue weighted by atomic mass is 35.5. The molecule has 0 aliphatic rings. The molecule has 1 unspecified atom stereocenters. The standard InChI is InChI=1S/C13H10ClN3O/c1-17-8-16-7-12(17)13(18)11(6-15)9-2-4-10(14)5-3-9/h2-5,7-8,11H,1H3. The van der Waals surface area contributed by atoms with Crippen LogP contribution in [0, 0.1) is 11.3 Å². The first kappa shape index (κ1) is 12.3. The van der Waals surface area contributed by atoms with E-state index in [0.29, 0.717) is 16.3 Å². The van der Waals surface area contributed by atoms with Gasteiger partial charge in [0.25, 0.3) is 0 Å². The van der Waals surface area contributed by atoms with Crippen molar-refractivity contribution in [3.05, 3.63) is 53.1 Å². The minimum Gasteiger partial charge on any atom is -0.331 e. The summed E-state index contributed by atoms with van der Waals surface area (Å²) in [5.74, 6) is -1.10. The zero-order valence-corrected chi connectivity index (χ0v) is 10.4. The molecule has 0 N–H and O–H groups in total. The Labute approximate surface area is 109 Å². The van der Waals surface area contributed by atoms with Gasteiger partial charge in [-0.05, 0) is 17.7 Å². The SMILES string of the molecule is Cn1cncc1C(=O)C(C#N)c1ccc(Cl)cc1. The average molecular weight is 260 g/mol. The fourth-order valence-corrected chi connectivity index (χ4v) is 1.81. The molecule has 90 valence electrons. The van der Waals surface area contributed by atoms with Gasteiger partial charge in [0.2, 0.25) is 5.78 Å². The molecule has 1 heterocycles. The molecule has 4 nitrogen and oxygen atoms in total. The molecule has 1 aromatic heterocycles. The Balaban J connectivity index is 2.36. The second kappa shape index (κ2) is 5.03. The van der Waals surface area contributed by atoms with Gasteiger partial charge in [-0.3, -0.25) is 4.79 Å². The zero-order valence-electron chi connectivity index (χ0n) is 9.67. The molecular weight excluding hydrogens is 250 g/mol. The van der Waals surface area contributed by atoms with E-state index in [1.165, 1.54) is 12.5 Å². The van der Waals surface area contributed by atoms with Crippen LogP contribution in [0.5, 0.6) is 0 Å². The van der Waals surface area contributed by atoms with Crippen molar-refractivity contribution in [2.24, 2.45) is 7.05 Å². The number of carbonyl (C=O) groups is 1. The highest BCUT2D eigenvalue weighted by Gasteiger charge is 2.23. The summed E-state index contributed by atoms with van der Waals surface area (Å²) in [5.41, 5.74) is 1.05. The third-order valence-electron chi connectivity index (χ3n) is 2.66. The molecule has 0 fully saturated rings. The number of ketones is 1. The van der Waals surface area contributed by atoms with Gasteiger partial charge in [0.05, 0.1) is 18.6 Å². The molecule has 0 saturated carbocycles. The lowest BCUT2D eigenvalue weighted by Crippen LogP contribution is -2.14. The third kappa shape index (κ3) is 2.27. The van der Waals surface area contributed by atoms with E-state index in [-0.39, 0.29) is 5.78 Å². The molecule has 0 aliphatic carbocycles. The number of aryl methyl sites for hydroxylation is 1. The summed E-state index contributed by atoms with van der Waals surface area (Å²) in [6, 6.07) is 8.72. The molecule has 0 saturated heterocycles. The Morgan fingerprint density at radius 3 is 2.61 bits per heavy atom. The van der Waals surface area contributed by atoms with Gasteiger partial charge in [0, 0.05) is 12.1 Å².